The molecule has 4 rings (SSSR count). The van der Waals surface area contributed by atoms with Crippen molar-refractivity contribution in [3.63, 3.8) is 0 Å². The second kappa shape index (κ2) is 11.7. The monoisotopic (exact) mass is 571 g/mol. The smallest absolute Gasteiger partial charge is 0.338 e. The third-order valence-electron chi connectivity index (χ3n) is 5.40. The number of hydrogen-bond acceptors (Lipinski definition) is 6. The Labute approximate surface area is 233 Å². The van der Waals surface area contributed by atoms with Gasteiger partial charge in [0.25, 0.3) is 17.7 Å². The molecule has 3 amide bonds. The van der Waals surface area contributed by atoms with Gasteiger partial charge in [0, 0.05) is 11.3 Å². The van der Waals surface area contributed by atoms with Crippen LogP contribution in [0.5, 0.6) is 0 Å². The van der Waals surface area contributed by atoms with Gasteiger partial charge in [-0.15, -0.1) is 0 Å². The number of carbonyl (C=O) groups excluding carboxylic acids is 4. The first-order chi connectivity index (χ1) is 18.2. The zero-order valence-corrected chi connectivity index (χ0v) is 22.2. The lowest BCUT2D eigenvalue weighted by Gasteiger charge is -2.16. The molecule has 1 heterocycles. The second-order valence-corrected chi connectivity index (χ2v) is 9.25. The van der Waals surface area contributed by atoms with Gasteiger partial charge in [-0.05, 0) is 55.0 Å². The average Bonchev–Trinajstić information content (AvgIpc) is 3.13. The highest BCUT2D eigenvalue weighted by molar-refractivity contribution is 6.53. The summed E-state index contributed by atoms with van der Waals surface area (Å²) in [6, 6.07) is 17.0. The van der Waals surface area contributed by atoms with Gasteiger partial charge in [-0.25, -0.2) is 9.69 Å². The van der Waals surface area contributed by atoms with Crippen LogP contribution in [-0.2, 0) is 14.3 Å². The molecule has 0 saturated carbocycles. The van der Waals surface area contributed by atoms with Gasteiger partial charge in [0.05, 0.1) is 33.6 Å². The van der Waals surface area contributed by atoms with Crippen LogP contribution in [0, 0.1) is 0 Å². The molecule has 2 N–H and O–H groups in total. The maximum absolute atomic E-state index is 13.2. The number of nitrogens with zero attached hydrogens (tertiary/aromatic N) is 1. The number of anilines is 3. The molecule has 3 aromatic rings. The van der Waals surface area contributed by atoms with Gasteiger partial charge in [-0.1, -0.05) is 59.9 Å². The van der Waals surface area contributed by atoms with Crippen molar-refractivity contribution in [3.8, 4) is 0 Å². The minimum absolute atomic E-state index is 0.160. The van der Waals surface area contributed by atoms with E-state index in [1.807, 2.05) is 6.92 Å². The number of nitrogens with one attached hydrogen (secondary N) is 2. The zero-order valence-electron chi connectivity index (χ0n) is 19.9. The first kappa shape index (κ1) is 27.2. The average molecular weight is 573 g/mol. The Balaban J connectivity index is 1.53. The summed E-state index contributed by atoms with van der Waals surface area (Å²) in [5.41, 5.74) is 1.09. The van der Waals surface area contributed by atoms with Crippen LogP contribution in [0.25, 0.3) is 0 Å². The summed E-state index contributed by atoms with van der Waals surface area (Å²) >= 11 is 18.4. The number of benzene rings is 3. The molecule has 0 aliphatic carbocycles. The Kier molecular flexibility index (Phi) is 8.36. The number of hydrogen-bond donors (Lipinski definition) is 2. The molecule has 38 heavy (non-hydrogen) atoms. The van der Waals surface area contributed by atoms with Crippen molar-refractivity contribution >= 4 is 75.6 Å². The molecule has 0 unspecified atom stereocenters. The maximum Gasteiger partial charge on any atom is 0.338 e. The van der Waals surface area contributed by atoms with Crippen molar-refractivity contribution in [2.24, 2.45) is 0 Å². The number of rotatable bonds is 8. The van der Waals surface area contributed by atoms with Crippen molar-refractivity contribution in [2.45, 2.75) is 13.3 Å². The fourth-order valence-corrected chi connectivity index (χ4v) is 4.13. The van der Waals surface area contributed by atoms with E-state index in [2.05, 4.69) is 10.6 Å². The van der Waals surface area contributed by atoms with Crippen LogP contribution in [0.3, 0.4) is 0 Å². The van der Waals surface area contributed by atoms with Crippen molar-refractivity contribution < 1.29 is 23.9 Å². The van der Waals surface area contributed by atoms with Gasteiger partial charge >= 0.3 is 5.97 Å². The Morgan fingerprint density at radius 3 is 2.37 bits per heavy atom. The van der Waals surface area contributed by atoms with Crippen molar-refractivity contribution in [1.29, 1.82) is 0 Å². The fourth-order valence-electron chi connectivity index (χ4n) is 3.57. The summed E-state index contributed by atoms with van der Waals surface area (Å²) in [5, 5.41) is 5.67. The summed E-state index contributed by atoms with van der Waals surface area (Å²) in [5.74, 6) is -2.53. The Morgan fingerprint density at radius 1 is 0.895 bits per heavy atom. The molecule has 0 saturated heterocycles. The molecule has 1 aliphatic rings. The van der Waals surface area contributed by atoms with E-state index in [0.717, 1.165) is 4.90 Å². The van der Waals surface area contributed by atoms with Crippen molar-refractivity contribution in [2.75, 3.05) is 22.1 Å². The van der Waals surface area contributed by atoms with Crippen LogP contribution in [-0.4, -0.2) is 30.3 Å². The molecule has 8 nitrogen and oxygen atoms in total. The number of amides is 3. The number of imide groups is 1. The van der Waals surface area contributed by atoms with E-state index < -0.39 is 23.7 Å². The molecule has 194 valence electrons. The first-order valence-electron chi connectivity index (χ1n) is 11.4. The van der Waals surface area contributed by atoms with Crippen LogP contribution >= 0.6 is 34.8 Å². The van der Waals surface area contributed by atoms with Crippen molar-refractivity contribution in [3.05, 3.63) is 98.6 Å². The molecule has 0 atom stereocenters. The molecule has 0 bridgehead atoms. The summed E-state index contributed by atoms with van der Waals surface area (Å²) in [6.45, 7) is 2.11. The molecular formula is C27H20Cl3N3O5. The summed E-state index contributed by atoms with van der Waals surface area (Å²) in [7, 11) is 0. The highest BCUT2D eigenvalue weighted by atomic mass is 35.5. The molecule has 0 spiro atoms. The lowest BCUT2D eigenvalue weighted by molar-refractivity contribution is -0.120. The lowest BCUT2D eigenvalue weighted by Crippen LogP contribution is -2.32. The highest BCUT2D eigenvalue weighted by Crippen LogP contribution is 2.32. The molecule has 3 aromatic carbocycles. The zero-order chi connectivity index (χ0) is 27.4. The largest absolute Gasteiger partial charge is 0.462 e. The number of ether oxygens (including phenoxy) is 1. The molecule has 1 aliphatic heterocycles. The van der Waals surface area contributed by atoms with Crippen LogP contribution in [0.2, 0.25) is 10.0 Å². The topological polar surface area (TPSA) is 105 Å². The predicted molar refractivity (Wildman–Crippen MR) is 147 cm³/mol. The highest BCUT2D eigenvalue weighted by Gasteiger charge is 2.39. The number of carbonyl (C=O) groups is 4. The molecule has 0 aromatic heterocycles. The normalized spacial score (nSPS) is 13.1. The van der Waals surface area contributed by atoms with Gasteiger partial charge < -0.3 is 15.4 Å². The van der Waals surface area contributed by atoms with Gasteiger partial charge in [-0.2, -0.15) is 0 Å². The lowest BCUT2D eigenvalue weighted by atomic mass is 10.1. The van der Waals surface area contributed by atoms with Crippen molar-refractivity contribution in [1.82, 2.24) is 0 Å². The second-order valence-electron chi connectivity index (χ2n) is 8.08. The summed E-state index contributed by atoms with van der Waals surface area (Å²) < 4.78 is 5.13. The van der Waals surface area contributed by atoms with Gasteiger partial charge in [0.2, 0.25) is 0 Å². The summed E-state index contributed by atoms with van der Waals surface area (Å²) in [6.07, 6.45) is 0.653. The first-order valence-corrected chi connectivity index (χ1v) is 12.5. The maximum atomic E-state index is 13.2. The Bertz CT molecular complexity index is 1490. The van der Waals surface area contributed by atoms with Crippen LogP contribution in [0.4, 0.5) is 17.1 Å². The third-order valence-corrected chi connectivity index (χ3v) is 6.57. The standard InChI is InChI=1S/C27H20Cl3N3O5/c1-2-12-38-27(37)16-7-4-9-18(14-16)33-25(35)22(30)23(26(33)36)31-17-8-3-6-15(13-17)24(34)32-20-11-5-10-19(28)21(20)29/h3-11,13-14,31H,2,12H2,1H3,(H,32,34). The van der Waals surface area contributed by atoms with Crippen LogP contribution in [0.1, 0.15) is 34.1 Å². The van der Waals surface area contributed by atoms with E-state index >= 15 is 0 Å². The SMILES string of the molecule is CCCOC(=O)c1cccc(N2C(=O)C(Cl)=C(Nc3cccc(C(=O)Nc4cccc(Cl)c4Cl)c3)C2=O)c1. The molecule has 0 radical (unpaired) electrons. The van der Waals surface area contributed by atoms with Gasteiger partial charge in [-0.3, -0.25) is 14.4 Å². The van der Waals surface area contributed by atoms with Gasteiger partial charge in [0.15, 0.2) is 0 Å². The van der Waals surface area contributed by atoms with E-state index in [1.54, 1.807) is 36.4 Å². The number of halogens is 3. The quantitative estimate of drug-likeness (QED) is 0.244. The van der Waals surface area contributed by atoms with E-state index in [0.29, 0.717) is 22.8 Å². The minimum atomic E-state index is -0.761. The Morgan fingerprint density at radius 2 is 1.61 bits per heavy atom. The third kappa shape index (κ3) is 5.67. The van der Waals surface area contributed by atoms with E-state index in [9.17, 15) is 19.2 Å². The van der Waals surface area contributed by atoms with Gasteiger partial charge in [0.1, 0.15) is 10.7 Å². The minimum Gasteiger partial charge on any atom is -0.462 e. The van der Waals surface area contributed by atoms with Crippen LogP contribution < -0.4 is 15.5 Å². The molecular weight excluding hydrogens is 553 g/mol. The predicted octanol–water partition coefficient (Wildman–Crippen LogP) is 6.25. The fraction of sp³-hybridized carbons (Fsp3) is 0.111. The number of esters is 1. The molecule has 0 fully saturated rings. The van der Waals surface area contributed by atoms with E-state index in [4.69, 9.17) is 39.5 Å². The van der Waals surface area contributed by atoms with Crippen LogP contribution in [0.15, 0.2) is 77.5 Å². The molecule has 11 heteroatoms. The summed E-state index contributed by atoms with van der Waals surface area (Å²) in [4.78, 5) is 52.0. The Hall–Kier alpha value is -3.85. The van der Waals surface area contributed by atoms with E-state index in [-0.39, 0.29) is 39.2 Å². The van der Waals surface area contributed by atoms with E-state index in [1.165, 1.54) is 30.3 Å².